The molecule has 1 saturated heterocycles. The van der Waals surface area contributed by atoms with Gasteiger partial charge in [-0.2, -0.15) is 0 Å². The number of urea groups is 2. The number of rotatable bonds is 7. The molecular weight excluding hydrogens is 482 g/mol. The minimum absolute atomic E-state index is 0.105. The smallest absolute Gasteiger partial charge is 0.323 e. The van der Waals surface area contributed by atoms with E-state index < -0.39 is 0 Å². The number of carbonyl (C=O) groups is 2. The Bertz CT molecular complexity index is 1270. The fraction of sp³-hybridized carbons (Fsp3) is 0.310. The monoisotopic (exact) mass is 517 g/mol. The molecule has 1 heterocycles. The highest BCUT2D eigenvalue weighted by Gasteiger charge is 2.22. The molecule has 0 bridgehead atoms. The molecule has 0 aliphatic carbocycles. The van der Waals surface area contributed by atoms with Gasteiger partial charge in [0.05, 0.1) is 12.8 Å². The molecule has 0 radical (unpaired) electrons. The molecule has 0 saturated carbocycles. The Morgan fingerprint density at radius 2 is 1.61 bits per heavy atom. The molecule has 0 unspecified atom stereocenters. The van der Waals surface area contributed by atoms with E-state index >= 15 is 0 Å². The van der Waals surface area contributed by atoms with E-state index in [-0.39, 0.29) is 18.7 Å². The van der Waals surface area contributed by atoms with Crippen LogP contribution in [0.15, 0.2) is 60.7 Å². The summed E-state index contributed by atoms with van der Waals surface area (Å²) in [7, 11) is 1.57. The van der Waals surface area contributed by atoms with Crippen LogP contribution in [0.3, 0.4) is 0 Å². The molecule has 4 rings (SSSR count). The molecule has 9 nitrogen and oxygen atoms in total. The van der Waals surface area contributed by atoms with Crippen LogP contribution in [0.2, 0.25) is 0 Å². The quantitative estimate of drug-likeness (QED) is 0.359. The second-order valence-electron chi connectivity index (χ2n) is 9.36. The first-order valence-corrected chi connectivity index (χ1v) is 12.7. The highest BCUT2D eigenvalue weighted by molar-refractivity contribution is 6.00. The lowest BCUT2D eigenvalue weighted by atomic mass is 10.1. The third kappa shape index (κ3) is 6.74. The molecule has 0 aromatic heterocycles. The van der Waals surface area contributed by atoms with Gasteiger partial charge in [0, 0.05) is 49.8 Å². The number of nitrogens with zero attached hydrogens (tertiary/aromatic N) is 2. The molecule has 38 heavy (non-hydrogen) atoms. The van der Waals surface area contributed by atoms with E-state index in [4.69, 9.17) is 9.84 Å². The minimum atomic E-state index is -0.348. The number of benzene rings is 3. The van der Waals surface area contributed by atoms with Gasteiger partial charge in [-0.1, -0.05) is 18.2 Å². The Kier molecular flexibility index (Phi) is 8.70. The van der Waals surface area contributed by atoms with Crippen LogP contribution in [0.1, 0.15) is 16.7 Å². The fourth-order valence-corrected chi connectivity index (χ4v) is 4.47. The van der Waals surface area contributed by atoms with Crippen molar-refractivity contribution in [2.45, 2.75) is 20.3 Å². The van der Waals surface area contributed by atoms with Crippen LogP contribution in [0.5, 0.6) is 5.75 Å². The molecule has 1 aliphatic rings. The number of piperazine rings is 1. The molecule has 4 amide bonds. The summed E-state index contributed by atoms with van der Waals surface area (Å²) in [5.41, 5.74) is 6.15. The Labute approximate surface area is 223 Å². The van der Waals surface area contributed by atoms with Crippen molar-refractivity contribution < 1.29 is 19.4 Å². The summed E-state index contributed by atoms with van der Waals surface area (Å²) in [5, 5.41) is 17.8. The van der Waals surface area contributed by atoms with Gasteiger partial charge in [0.2, 0.25) is 0 Å². The molecular formula is C29H35N5O4. The Morgan fingerprint density at radius 1 is 0.868 bits per heavy atom. The summed E-state index contributed by atoms with van der Waals surface area (Å²) < 4.78 is 5.32. The molecule has 3 aromatic carbocycles. The maximum atomic E-state index is 12.8. The first-order chi connectivity index (χ1) is 18.4. The van der Waals surface area contributed by atoms with E-state index in [1.165, 1.54) is 0 Å². The predicted molar refractivity (Wildman–Crippen MR) is 152 cm³/mol. The highest BCUT2D eigenvalue weighted by Crippen LogP contribution is 2.26. The largest absolute Gasteiger partial charge is 0.495 e. The summed E-state index contributed by atoms with van der Waals surface area (Å²) in [6.45, 7) is 6.64. The van der Waals surface area contributed by atoms with Crippen LogP contribution in [-0.4, -0.2) is 62.0 Å². The lowest BCUT2D eigenvalue weighted by Gasteiger charge is -2.36. The normalized spacial score (nSPS) is 13.2. The number of ether oxygens (including phenoxy) is 1. The number of methoxy groups -OCH3 is 1. The number of hydrogen-bond donors (Lipinski definition) is 4. The minimum Gasteiger partial charge on any atom is -0.495 e. The molecule has 3 aromatic rings. The lowest BCUT2D eigenvalue weighted by molar-refractivity contribution is 0.208. The zero-order valence-electron chi connectivity index (χ0n) is 22.1. The van der Waals surface area contributed by atoms with Gasteiger partial charge >= 0.3 is 12.1 Å². The second kappa shape index (κ2) is 12.3. The second-order valence-corrected chi connectivity index (χ2v) is 9.36. The number of anilines is 4. The van der Waals surface area contributed by atoms with Crippen molar-refractivity contribution in [1.82, 2.24) is 4.90 Å². The van der Waals surface area contributed by atoms with Crippen LogP contribution < -0.4 is 25.6 Å². The molecule has 4 N–H and O–H groups in total. The standard InChI is InChI=1S/C29H35N5O4/c1-20-4-11-27(38-3)26(18-20)31-28(36)30-23-6-8-24(9-7-23)33-13-15-34(16-14-33)29(37)32-25-10-5-22(12-17-35)19-21(25)2/h4-11,18-19,35H,12-17H2,1-3H3,(H,32,37)(H2,30,31,36). The van der Waals surface area contributed by atoms with Crippen molar-refractivity contribution in [3.8, 4) is 5.75 Å². The molecule has 1 fully saturated rings. The van der Waals surface area contributed by atoms with Gasteiger partial charge in [-0.3, -0.25) is 0 Å². The fourth-order valence-electron chi connectivity index (χ4n) is 4.47. The summed E-state index contributed by atoms with van der Waals surface area (Å²) in [5.74, 6) is 0.597. The van der Waals surface area contributed by atoms with Gasteiger partial charge in [0.1, 0.15) is 5.75 Å². The Morgan fingerprint density at radius 3 is 2.26 bits per heavy atom. The maximum Gasteiger partial charge on any atom is 0.323 e. The van der Waals surface area contributed by atoms with Crippen molar-refractivity contribution in [3.63, 3.8) is 0 Å². The van der Waals surface area contributed by atoms with E-state index in [0.717, 1.165) is 28.1 Å². The number of aliphatic hydroxyl groups is 1. The SMILES string of the molecule is COc1ccc(C)cc1NC(=O)Nc1ccc(N2CCN(C(=O)Nc3ccc(CCO)cc3C)CC2)cc1. The topological polar surface area (TPSA) is 106 Å². The predicted octanol–water partition coefficient (Wildman–Crippen LogP) is 4.84. The van der Waals surface area contributed by atoms with E-state index in [1.54, 1.807) is 7.11 Å². The number of amides is 4. The average molecular weight is 518 g/mol. The van der Waals surface area contributed by atoms with E-state index in [1.807, 2.05) is 79.4 Å². The van der Waals surface area contributed by atoms with Gasteiger partial charge < -0.3 is 35.6 Å². The number of carbonyl (C=O) groups excluding carboxylic acids is 2. The Balaban J connectivity index is 1.27. The van der Waals surface area contributed by atoms with E-state index in [9.17, 15) is 9.59 Å². The van der Waals surface area contributed by atoms with Gasteiger partial charge in [0.15, 0.2) is 0 Å². The van der Waals surface area contributed by atoms with Crippen molar-refractivity contribution in [1.29, 1.82) is 0 Å². The molecule has 9 heteroatoms. The van der Waals surface area contributed by atoms with Crippen LogP contribution in [0, 0.1) is 13.8 Å². The average Bonchev–Trinajstić information content (AvgIpc) is 2.91. The number of hydrogen-bond acceptors (Lipinski definition) is 5. The molecule has 0 spiro atoms. The van der Waals surface area contributed by atoms with Gasteiger partial charge in [0.25, 0.3) is 0 Å². The van der Waals surface area contributed by atoms with Crippen LogP contribution >= 0.6 is 0 Å². The van der Waals surface area contributed by atoms with Gasteiger partial charge in [-0.25, -0.2) is 9.59 Å². The zero-order chi connectivity index (χ0) is 27.1. The van der Waals surface area contributed by atoms with Crippen molar-refractivity contribution in [3.05, 3.63) is 77.4 Å². The number of nitrogens with one attached hydrogen (secondary N) is 3. The number of aryl methyl sites for hydroxylation is 2. The summed E-state index contributed by atoms with van der Waals surface area (Å²) in [6.07, 6.45) is 0.601. The van der Waals surface area contributed by atoms with Crippen LogP contribution in [-0.2, 0) is 6.42 Å². The first kappa shape index (κ1) is 26.8. The zero-order valence-corrected chi connectivity index (χ0v) is 22.1. The lowest BCUT2D eigenvalue weighted by Crippen LogP contribution is -2.50. The third-order valence-corrected chi connectivity index (χ3v) is 6.59. The maximum absolute atomic E-state index is 12.8. The number of aliphatic hydroxyl groups excluding tert-OH is 1. The molecule has 200 valence electrons. The molecule has 1 aliphatic heterocycles. The first-order valence-electron chi connectivity index (χ1n) is 12.7. The summed E-state index contributed by atoms with van der Waals surface area (Å²) in [6, 6.07) is 18.6. The third-order valence-electron chi connectivity index (χ3n) is 6.59. The van der Waals surface area contributed by atoms with Crippen molar-refractivity contribution in [2.75, 3.05) is 60.7 Å². The van der Waals surface area contributed by atoms with E-state index in [2.05, 4.69) is 20.9 Å². The van der Waals surface area contributed by atoms with E-state index in [0.29, 0.717) is 49.7 Å². The van der Waals surface area contributed by atoms with Crippen LogP contribution in [0.4, 0.5) is 32.3 Å². The van der Waals surface area contributed by atoms with Crippen LogP contribution in [0.25, 0.3) is 0 Å². The molecule has 0 atom stereocenters. The van der Waals surface area contributed by atoms with Gasteiger partial charge in [-0.15, -0.1) is 0 Å². The van der Waals surface area contributed by atoms with Crippen molar-refractivity contribution >= 4 is 34.8 Å². The summed E-state index contributed by atoms with van der Waals surface area (Å²) >= 11 is 0. The highest BCUT2D eigenvalue weighted by atomic mass is 16.5. The van der Waals surface area contributed by atoms with Gasteiger partial charge in [-0.05, 0) is 79.4 Å². The Hall–Kier alpha value is -4.24. The summed E-state index contributed by atoms with van der Waals surface area (Å²) in [4.78, 5) is 29.4. The van der Waals surface area contributed by atoms with Crippen molar-refractivity contribution in [2.24, 2.45) is 0 Å².